The van der Waals surface area contributed by atoms with Gasteiger partial charge in [0.25, 0.3) is 17.9 Å². The second-order valence-corrected chi connectivity index (χ2v) is 8.69. The smallest absolute Gasteiger partial charge is 0.290 e. The summed E-state index contributed by atoms with van der Waals surface area (Å²) in [4.78, 5) is 41.2. The molecule has 0 saturated carbocycles. The molecule has 8 nitrogen and oxygen atoms in total. The molecule has 2 aliphatic heterocycles. The molecule has 1 N–H and O–H groups in total. The molecule has 1 aromatic heterocycles. The van der Waals surface area contributed by atoms with Crippen LogP contribution in [0.3, 0.4) is 0 Å². The van der Waals surface area contributed by atoms with E-state index in [2.05, 4.69) is 30.7 Å². The number of pyridine rings is 1. The van der Waals surface area contributed by atoms with Gasteiger partial charge in [-0.05, 0) is 44.4 Å². The lowest BCUT2D eigenvalue weighted by Crippen LogP contribution is -2.50. The van der Waals surface area contributed by atoms with Crippen LogP contribution in [0.1, 0.15) is 42.6 Å². The highest BCUT2D eigenvalue weighted by Gasteiger charge is 2.33. The van der Waals surface area contributed by atoms with Crippen molar-refractivity contribution in [2.45, 2.75) is 46.2 Å². The molecule has 3 rings (SSSR count). The Labute approximate surface area is 179 Å². The van der Waals surface area contributed by atoms with Gasteiger partial charge in [-0.3, -0.25) is 19.3 Å². The van der Waals surface area contributed by atoms with Crippen molar-refractivity contribution in [2.24, 2.45) is 5.92 Å². The molecule has 0 aliphatic carbocycles. The molecule has 2 fully saturated rings. The highest BCUT2D eigenvalue weighted by molar-refractivity contribution is 5.95. The van der Waals surface area contributed by atoms with Gasteiger partial charge in [0.1, 0.15) is 5.56 Å². The maximum absolute atomic E-state index is 13.1. The molecule has 0 spiro atoms. The minimum absolute atomic E-state index is 0.0898. The van der Waals surface area contributed by atoms with Crippen LogP contribution < -0.4 is 5.56 Å². The summed E-state index contributed by atoms with van der Waals surface area (Å²) in [5.74, 6) is 0.438. The first-order valence-corrected chi connectivity index (χ1v) is 10.8. The molecule has 3 heterocycles. The van der Waals surface area contributed by atoms with Crippen molar-refractivity contribution in [1.29, 1.82) is 0 Å². The van der Waals surface area contributed by atoms with E-state index in [9.17, 15) is 9.59 Å². The zero-order valence-corrected chi connectivity index (χ0v) is 18.7. The number of carbonyl (C=O) groups is 2. The molecule has 2 aliphatic rings. The van der Waals surface area contributed by atoms with Crippen LogP contribution in [0.25, 0.3) is 0 Å². The molecule has 30 heavy (non-hydrogen) atoms. The van der Waals surface area contributed by atoms with E-state index in [4.69, 9.17) is 9.90 Å². The number of carboxylic acid groups (broad SMARTS) is 1. The van der Waals surface area contributed by atoms with E-state index >= 15 is 0 Å². The van der Waals surface area contributed by atoms with Crippen molar-refractivity contribution in [3.05, 3.63) is 33.7 Å². The van der Waals surface area contributed by atoms with Crippen molar-refractivity contribution in [3.8, 4) is 0 Å². The van der Waals surface area contributed by atoms with E-state index in [0.29, 0.717) is 24.1 Å². The first kappa shape index (κ1) is 24.1. The summed E-state index contributed by atoms with van der Waals surface area (Å²) >= 11 is 0. The van der Waals surface area contributed by atoms with E-state index in [-0.39, 0.29) is 17.9 Å². The molecular formula is C22H36N4O4. The Bertz CT molecular complexity index is 769. The number of likely N-dealkylation sites (tertiary alicyclic amines) is 1. The fraction of sp³-hybridized carbons (Fsp3) is 0.682. The Kier molecular flexibility index (Phi) is 9.05. The molecule has 1 amide bonds. The number of rotatable bonds is 5. The van der Waals surface area contributed by atoms with Crippen molar-refractivity contribution in [1.82, 2.24) is 19.3 Å². The Hall–Kier alpha value is -2.19. The number of aromatic nitrogens is 1. The number of piperazine rings is 1. The summed E-state index contributed by atoms with van der Waals surface area (Å²) in [7, 11) is 2.16. The molecule has 2 saturated heterocycles. The molecule has 0 radical (unpaired) electrons. The van der Waals surface area contributed by atoms with Crippen molar-refractivity contribution in [3.63, 3.8) is 0 Å². The summed E-state index contributed by atoms with van der Waals surface area (Å²) in [5.41, 5.74) is 1.01. The van der Waals surface area contributed by atoms with Crippen LogP contribution in [0.15, 0.2) is 17.1 Å². The van der Waals surface area contributed by atoms with Gasteiger partial charge in [-0.2, -0.15) is 0 Å². The summed E-state index contributed by atoms with van der Waals surface area (Å²) in [6, 6.07) is 2.33. The van der Waals surface area contributed by atoms with Crippen molar-refractivity contribution in [2.75, 3.05) is 46.3 Å². The predicted octanol–water partition coefficient (Wildman–Crippen LogP) is 1.37. The zero-order valence-electron chi connectivity index (χ0n) is 18.7. The SMILES string of the molecule is Cc1ccn(CCC(C)C)c(=O)c1C(=O)N1CCC(N2CCN(C)CC2)C1.O=CO. The Morgan fingerprint density at radius 3 is 2.47 bits per heavy atom. The number of amides is 1. The number of hydrogen-bond donors (Lipinski definition) is 1. The molecule has 168 valence electrons. The molecular weight excluding hydrogens is 384 g/mol. The van der Waals surface area contributed by atoms with E-state index in [1.54, 1.807) is 4.57 Å². The number of carbonyl (C=O) groups excluding carboxylic acids is 1. The monoisotopic (exact) mass is 420 g/mol. The fourth-order valence-electron chi connectivity index (χ4n) is 4.07. The van der Waals surface area contributed by atoms with Gasteiger partial charge in [0.05, 0.1) is 0 Å². The largest absolute Gasteiger partial charge is 0.483 e. The topological polar surface area (TPSA) is 86.1 Å². The second-order valence-electron chi connectivity index (χ2n) is 8.69. The van der Waals surface area contributed by atoms with Gasteiger partial charge in [0, 0.05) is 58.1 Å². The minimum Gasteiger partial charge on any atom is -0.483 e. The van der Waals surface area contributed by atoms with Gasteiger partial charge < -0.3 is 19.5 Å². The summed E-state index contributed by atoms with van der Waals surface area (Å²) in [6.07, 6.45) is 3.77. The third kappa shape index (κ3) is 6.15. The molecule has 1 atom stereocenters. The van der Waals surface area contributed by atoms with Crippen LogP contribution in [-0.4, -0.2) is 89.1 Å². The van der Waals surface area contributed by atoms with Crippen LogP contribution >= 0.6 is 0 Å². The van der Waals surface area contributed by atoms with Gasteiger partial charge in [-0.15, -0.1) is 0 Å². The average molecular weight is 421 g/mol. The Morgan fingerprint density at radius 1 is 1.23 bits per heavy atom. The van der Waals surface area contributed by atoms with Gasteiger partial charge in [0.2, 0.25) is 0 Å². The molecule has 0 bridgehead atoms. The standard InChI is InChI=1S/C21H34N4O2.CH2O2/c1-16(2)5-8-24-9-6-17(3)19(20(24)26)21(27)25-10-7-18(15-25)23-13-11-22(4)12-14-23;2-1-3/h6,9,16,18H,5,7-8,10-15H2,1-4H3;1H,(H,2,3). The van der Waals surface area contributed by atoms with Crippen LogP contribution in [-0.2, 0) is 11.3 Å². The van der Waals surface area contributed by atoms with Crippen molar-refractivity contribution < 1.29 is 14.7 Å². The van der Waals surface area contributed by atoms with Crippen molar-refractivity contribution >= 4 is 12.4 Å². The molecule has 1 aromatic rings. The lowest BCUT2D eigenvalue weighted by molar-refractivity contribution is -0.122. The van der Waals surface area contributed by atoms with Crippen LogP contribution in [0, 0.1) is 12.8 Å². The first-order valence-electron chi connectivity index (χ1n) is 10.8. The van der Waals surface area contributed by atoms with Gasteiger partial charge >= 0.3 is 0 Å². The quantitative estimate of drug-likeness (QED) is 0.724. The van der Waals surface area contributed by atoms with E-state index in [1.807, 2.05) is 24.1 Å². The Morgan fingerprint density at radius 2 is 1.87 bits per heavy atom. The highest BCUT2D eigenvalue weighted by Crippen LogP contribution is 2.19. The first-order chi connectivity index (χ1) is 14.3. The zero-order chi connectivity index (χ0) is 22.3. The molecule has 0 aromatic carbocycles. The molecule has 8 heteroatoms. The normalized spacial score (nSPS) is 20.2. The lowest BCUT2D eigenvalue weighted by Gasteiger charge is -2.36. The van der Waals surface area contributed by atoms with Crippen LogP contribution in [0.5, 0.6) is 0 Å². The van der Waals surface area contributed by atoms with Crippen LogP contribution in [0.4, 0.5) is 0 Å². The third-order valence-electron chi connectivity index (χ3n) is 6.04. The fourth-order valence-corrected chi connectivity index (χ4v) is 4.07. The lowest BCUT2D eigenvalue weighted by atomic mass is 10.1. The number of nitrogens with zero attached hydrogens (tertiary/aromatic N) is 4. The van der Waals surface area contributed by atoms with Gasteiger partial charge in [0.15, 0.2) is 0 Å². The van der Waals surface area contributed by atoms with E-state index in [0.717, 1.165) is 57.7 Å². The highest BCUT2D eigenvalue weighted by atomic mass is 16.3. The predicted molar refractivity (Wildman–Crippen MR) is 117 cm³/mol. The average Bonchev–Trinajstić information content (AvgIpc) is 3.18. The third-order valence-corrected chi connectivity index (χ3v) is 6.04. The molecule has 1 unspecified atom stereocenters. The number of likely N-dealkylation sites (N-methyl/N-ethyl adjacent to an activating group) is 1. The van der Waals surface area contributed by atoms with E-state index in [1.165, 1.54) is 0 Å². The summed E-state index contributed by atoms with van der Waals surface area (Å²) in [5, 5.41) is 6.89. The number of hydrogen-bond acceptors (Lipinski definition) is 5. The summed E-state index contributed by atoms with van der Waals surface area (Å²) < 4.78 is 1.70. The van der Waals surface area contributed by atoms with E-state index < -0.39 is 0 Å². The second kappa shape index (κ2) is 11.3. The van der Waals surface area contributed by atoms with Gasteiger partial charge in [-0.1, -0.05) is 13.8 Å². The number of aryl methyl sites for hydroxylation is 2. The maximum atomic E-state index is 13.1. The van der Waals surface area contributed by atoms with Gasteiger partial charge in [-0.25, -0.2) is 0 Å². The summed E-state index contributed by atoms with van der Waals surface area (Å²) in [6.45, 7) is 12.4. The maximum Gasteiger partial charge on any atom is 0.290 e. The Balaban J connectivity index is 0.00000101. The minimum atomic E-state index is -0.250. The van der Waals surface area contributed by atoms with Crippen LogP contribution in [0.2, 0.25) is 0 Å².